The molecule has 1 amide bonds. The van der Waals surface area contributed by atoms with E-state index < -0.39 is 5.66 Å². The van der Waals surface area contributed by atoms with Crippen LogP contribution in [0.15, 0.2) is 59.0 Å². The van der Waals surface area contributed by atoms with Crippen molar-refractivity contribution in [3.63, 3.8) is 0 Å². The molecule has 2 aliphatic rings. The lowest BCUT2D eigenvalue weighted by Crippen LogP contribution is -2.52. The zero-order valence-corrected chi connectivity index (χ0v) is 17.0. The standard InChI is InChI=1S/C22H20FN5OS/c23-16-2-1-3-17-18(16)19(24)27-22(26-17)8-11-28(12-9-22)21(29)15-6-4-14(5-7-15)20-25-10-13-30-20/h1-7,10,13,26H,8-9,11-12H2,(H2,24,27). The Morgan fingerprint density at radius 2 is 1.93 bits per heavy atom. The lowest BCUT2D eigenvalue weighted by molar-refractivity contribution is 0.0685. The SMILES string of the molecule is NC1=NC2(CCN(C(=O)c3ccc(-c4nccs4)cc3)CC2)Nc2cccc(F)c21. The van der Waals surface area contributed by atoms with E-state index in [2.05, 4.69) is 15.3 Å². The number of carbonyl (C=O) groups excluding carboxylic acids is 1. The van der Waals surface area contributed by atoms with Gasteiger partial charge in [0.05, 0.1) is 5.56 Å². The van der Waals surface area contributed by atoms with Gasteiger partial charge in [-0.2, -0.15) is 0 Å². The lowest BCUT2D eigenvalue weighted by Gasteiger charge is -2.42. The highest BCUT2D eigenvalue weighted by Gasteiger charge is 2.39. The Kier molecular flexibility index (Phi) is 4.51. The first-order valence-electron chi connectivity index (χ1n) is 9.76. The predicted octanol–water partition coefficient (Wildman–Crippen LogP) is 3.71. The van der Waals surface area contributed by atoms with Gasteiger partial charge in [-0.3, -0.25) is 4.79 Å². The van der Waals surface area contributed by atoms with E-state index in [9.17, 15) is 9.18 Å². The van der Waals surface area contributed by atoms with Gasteiger partial charge in [-0.05, 0) is 24.3 Å². The van der Waals surface area contributed by atoms with Crippen molar-refractivity contribution in [1.82, 2.24) is 9.88 Å². The number of thiazole rings is 1. The van der Waals surface area contributed by atoms with Crippen LogP contribution in [0.1, 0.15) is 28.8 Å². The molecule has 1 aromatic heterocycles. The van der Waals surface area contributed by atoms with Gasteiger partial charge in [0.2, 0.25) is 0 Å². The Morgan fingerprint density at radius 1 is 1.17 bits per heavy atom. The highest BCUT2D eigenvalue weighted by molar-refractivity contribution is 7.13. The number of likely N-dealkylation sites (tertiary alicyclic amines) is 1. The summed E-state index contributed by atoms with van der Waals surface area (Å²) in [5.41, 5.74) is 8.10. The molecule has 1 spiro atoms. The third-order valence-electron chi connectivity index (χ3n) is 5.66. The molecule has 1 fully saturated rings. The summed E-state index contributed by atoms with van der Waals surface area (Å²) in [6, 6.07) is 12.4. The third-order valence-corrected chi connectivity index (χ3v) is 6.48. The molecule has 5 rings (SSSR count). The summed E-state index contributed by atoms with van der Waals surface area (Å²) in [4.78, 5) is 23.7. The second kappa shape index (κ2) is 7.21. The molecule has 0 atom stereocenters. The number of nitrogens with two attached hydrogens (primary N) is 1. The molecule has 0 saturated carbocycles. The number of amides is 1. The van der Waals surface area contributed by atoms with Crippen LogP contribution < -0.4 is 11.1 Å². The Bertz CT molecular complexity index is 1120. The number of carbonyl (C=O) groups is 1. The molecule has 0 aliphatic carbocycles. The maximum atomic E-state index is 14.1. The monoisotopic (exact) mass is 421 g/mol. The molecule has 30 heavy (non-hydrogen) atoms. The van der Waals surface area contributed by atoms with Crippen molar-refractivity contribution in [2.24, 2.45) is 10.7 Å². The van der Waals surface area contributed by atoms with Gasteiger partial charge in [0.1, 0.15) is 22.3 Å². The van der Waals surface area contributed by atoms with E-state index in [1.54, 1.807) is 23.6 Å². The molecule has 1 saturated heterocycles. The minimum atomic E-state index is -0.601. The Labute approximate surface area is 177 Å². The molecule has 2 aliphatic heterocycles. The minimum absolute atomic E-state index is 0.00487. The van der Waals surface area contributed by atoms with Crippen LogP contribution in [0.25, 0.3) is 10.6 Å². The highest BCUT2D eigenvalue weighted by Crippen LogP contribution is 2.35. The van der Waals surface area contributed by atoms with Gasteiger partial charge in [-0.25, -0.2) is 14.4 Å². The van der Waals surface area contributed by atoms with Crippen molar-refractivity contribution in [3.8, 4) is 10.6 Å². The van der Waals surface area contributed by atoms with Crippen LogP contribution in [0.3, 0.4) is 0 Å². The van der Waals surface area contributed by atoms with E-state index >= 15 is 0 Å². The molecular formula is C22H20FN5OS. The van der Waals surface area contributed by atoms with Gasteiger partial charge in [0.15, 0.2) is 0 Å². The van der Waals surface area contributed by atoms with Crippen molar-refractivity contribution in [2.45, 2.75) is 18.5 Å². The zero-order valence-electron chi connectivity index (χ0n) is 16.1. The normalized spacial score (nSPS) is 17.2. The number of fused-ring (bicyclic) bond motifs is 1. The quantitative estimate of drug-likeness (QED) is 0.661. The van der Waals surface area contributed by atoms with Gasteiger partial charge >= 0.3 is 0 Å². The van der Waals surface area contributed by atoms with Gasteiger partial charge in [-0.15, -0.1) is 11.3 Å². The number of aromatic nitrogens is 1. The third kappa shape index (κ3) is 3.23. The van der Waals surface area contributed by atoms with Crippen LogP contribution in [0.2, 0.25) is 0 Å². The maximum Gasteiger partial charge on any atom is 0.253 e. The first-order valence-corrected chi connectivity index (χ1v) is 10.6. The van der Waals surface area contributed by atoms with E-state index in [1.165, 1.54) is 6.07 Å². The largest absolute Gasteiger partial charge is 0.383 e. The lowest BCUT2D eigenvalue weighted by atomic mass is 9.93. The Morgan fingerprint density at radius 3 is 2.63 bits per heavy atom. The molecule has 6 nitrogen and oxygen atoms in total. The number of hydrogen-bond acceptors (Lipinski definition) is 6. The number of benzene rings is 2. The van der Waals surface area contributed by atoms with Gasteiger partial charge in [-0.1, -0.05) is 18.2 Å². The molecule has 3 heterocycles. The summed E-state index contributed by atoms with van der Waals surface area (Å²) in [6.45, 7) is 1.09. The summed E-state index contributed by atoms with van der Waals surface area (Å²) >= 11 is 1.57. The molecule has 3 aromatic rings. The van der Waals surface area contributed by atoms with Crippen LogP contribution in [0.5, 0.6) is 0 Å². The van der Waals surface area contributed by atoms with Crippen molar-refractivity contribution >= 4 is 28.8 Å². The predicted molar refractivity (Wildman–Crippen MR) is 116 cm³/mol. The molecule has 8 heteroatoms. The highest BCUT2D eigenvalue weighted by atomic mass is 32.1. The molecule has 0 unspecified atom stereocenters. The fourth-order valence-corrected chi connectivity index (χ4v) is 4.72. The van der Waals surface area contributed by atoms with Crippen LogP contribution in [-0.4, -0.2) is 40.4 Å². The summed E-state index contributed by atoms with van der Waals surface area (Å²) < 4.78 is 14.1. The first-order chi connectivity index (χ1) is 14.5. The average molecular weight is 422 g/mol. The number of piperidine rings is 1. The number of halogens is 1. The Hall–Kier alpha value is -3.26. The van der Waals surface area contributed by atoms with Crippen LogP contribution in [-0.2, 0) is 0 Å². The summed E-state index contributed by atoms with van der Waals surface area (Å²) in [5.74, 6) is -0.181. The van der Waals surface area contributed by atoms with E-state index in [1.807, 2.05) is 40.6 Å². The van der Waals surface area contributed by atoms with Gasteiger partial charge in [0, 0.05) is 54.3 Å². The Balaban J connectivity index is 1.29. The minimum Gasteiger partial charge on any atom is -0.383 e. The number of nitrogens with zero attached hydrogens (tertiary/aromatic N) is 3. The number of anilines is 1. The molecule has 0 bridgehead atoms. The maximum absolute atomic E-state index is 14.1. The smallest absolute Gasteiger partial charge is 0.253 e. The van der Waals surface area contributed by atoms with Gasteiger partial charge in [0.25, 0.3) is 5.91 Å². The van der Waals surface area contributed by atoms with E-state index in [-0.39, 0.29) is 17.6 Å². The van der Waals surface area contributed by atoms with Crippen LogP contribution in [0.4, 0.5) is 10.1 Å². The molecule has 3 N–H and O–H groups in total. The average Bonchev–Trinajstić information content (AvgIpc) is 3.29. The molecule has 0 radical (unpaired) electrons. The van der Waals surface area contributed by atoms with Gasteiger partial charge < -0.3 is 16.0 Å². The van der Waals surface area contributed by atoms with Crippen molar-refractivity contribution in [2.75, 3.05) is 18.4 Å². The summed E-state index contributed by atoms with van der Waals surface area (Å²) in [6.07, 6.45) is 2.98. The summed E-state index contributed by atoms with van der Waals surface area (Å²) in [7, 11) is 0. The van der Waals surface area contributed by atoms with Crippen molar-refractivity contribution < 1.29 is 9.18 Å². The van der Waals surface area contributed by atoms with E-state index in [4.69, 9.17) is 5.73 Å². The van der Waals surface area contributed by atoms with Crippen LogP contribution >= 0.6 is 11.3 Å². The fraction of sp³-hybridized carbons (Fsp3) is 0.227. The van der Waals surface area contributed by atoms with Crippen molar-refractivity contribution in [1.29, 1.82) is 0 Å². The molecular weight excluding hydrogens is 401 g/mol. The first kappa shape index (κ1) is 18.7. The van der Waals surface area contributed by atoms with Crippen LogP contribution in [0, 0.1) is 5.82 Å². The number of amidine groups is 1. The second-order valence-electron chi connectivity index (χ2n) is 7.52. The van der Waals surface area contributed by atoms with E-state index in [0.29, 0.717) is 42.7 Å². The zero-order chi connectivity index (χ0) is 20.7. The molecule has 2 aromatic carbocycles. The fourth-order valence-electron chi connectivity index (χ4n) is 4.07. The number of hydrogen-bond donors (Lipinski definition) is 2. The summed E-state index contributed by atoms with van der Waals surface area (Å²) in [5, 5.41) is 6.22. The molecule has 152 valence electrons. The van der Waals surface area contributed by atoms with Crippen molar-refractivity contribution in [3.05, 3.63) is 71.0 Å². The number of nitrogens with one attached hydrogen (secondary N) is 1. The number of aliphatic imine (C=N–C) groups is 1. The van der Waals surface area contributed by atoms with E-state index in [0.717, 1.165) is 10.6 Å². The topological polar surface area (TPSA) is 83.6 Å². The number of rotatable bonds is 2. The second-order valence-corrected chi connectivity index (χ2v) is 8.42.